The van der Waals surface area contributed by atoms with Crippen molar-refractivity contribution in [3.05, 3.63) is 57.5 Å². The topological polar surface area (TPSA) is 74.0 Å². The molecule has 28 heavy (non-hydrogen) atoms. The van der Waals surface area contributed by atoms with E-state index in [4.69, 9.17) is 0 Å². The lowest BCUT2D eigenvalue weighted by Crippen LogP contribution is -2.31. The first-order chi connectivity index (χ1) is 13.3. The molecule has 0 aliphatic heterocycles. The van der Waals surface area contributed by atoms with Gasteiger partial charge in [-0.3, -0.25) is 4.57 Å². The van der Waals surface area contributed by atoms with Crippen LogP contribution in [-0.2, 0) is 10.0 Å². The molecule has 0 bridgehead atoms. The Labute approximate surface area is 161 Å². The van der Waals surface area contributed by atoms with Gasteiger partial charge in [0.1, 0.15) is 16.9 Å². The molecule has 0 atom stereocenters. The van der Waals surface area contributed by atoms with E-state index in [1.54, 1.807) is 13.0 Å². The Bertz CT molecular complexity index is 1450. The Morgan fingerprint density at radius 3 is 2.64 bits per heavy atom. The van der Waals surface area contributed by atoms with Gasteiger partial charge in [0.25, 0.3) is 0 Å². The van der Waals surface area contributed by atoms with Crippen molar-refractivity contribution in [2.45, 2.75) is 25.0 Å². The van der Waals surface area contributed by atoms with Gasteiger partial charge >= 0.3 is 5.69 Å². The monoisotopic (exact) mass is 421 g/mol. The van der Waals surface area contributed by atoms with Crippen molar-refractivity contribution in [3.63, 3.8) is 0 Å². The standard InChI is InChI=1S/C18H13F2N3O3S2/c1-9-2-5-12(11(19)6-9)22-17-13(7-14-16(15(17)20)21-8-27-14)23(18(22)24)28(25,26)10-3-4-10/h2,5-8,10H,3-4H2,1H3. The van der Waals surface area contributed by atoms with Gasteiger partial charge in [-0.25, -0.2) is 27.0 Å². The fraction of sp³-hybridized carbons (Fsp3) is 0.222. The van der Waals surface area contributed by atoms with E-state index in [9.17, 15) is 17.6 Å². The number of rotatable bonds is 3. The average molecular weight is 421 g/mol. The molecule has 0 unspecified atom stereocenters. The fourth-order valence-electron chi connectivity index (χ4n) is 3.37. The number of imidazole rings is 1. The molecular weight excluding hydrogens is 408 g/mol. The minimum Gasteiger partial charge on any atom is -0.254 e. The van der Waals surface area contributed by atoms with Gasteiger partial charge in [-0.1, -0.05) is 6.07 Å². The molecular formula is C18H13F2N3O3S2. The summed E-state index contributed by atoms with van der Waals surface area (Å²) in [5.74, 6) is -1.60. The van der Waals surface area contributed by atoms with Crippen LogP contribution in [0.25, 0.3) is 26.9 Å². The Hall–Kier alpha value is -2.59. The highest BCUT2D eigenvalue weighted by Crippen LogP contribution is 2.35. The molecule has 2 heterocycles. The molecule has 1 aliphatic rings. The van der Waals surface area contributed by atoms with Gasteiger partial charge in [0.2, 0.25) is 10.0 Å². The summed E-state index contributed by atoms with van der Waals surface area (Å²) in [4.78, 5) is 17.1. The molecule has 10 heteroatoms. The number of aryl methyl sites for hydroxylation is 1. The molecule has 0 N–H and O–H groups in total. The number of fused-ring (bicyclic) bond motifs is 2. The number of aromatic nitrogens is 3. The molecule has 2 aromatic carbocycles. The highest BCUT2D eigenvalue weighted by atomic mass is 32.2. The lowest BCUT2D eigenvalue weighted by molar-refractivity contribution is 0.583. The first-order valence-corrected chi connectivity index (χ1v) is 10.9. The van der Waals surface area contributed by atoms with Gasteiger partial charge in [0.15, 0.2) is 5.82 Å². The van der Waals surface area contributed by atoms with E-state index in [0.29, 0.717) is 27.1 Å². The zero-order valence-corrected chi connectivity index (χ0v) is 16.2. The summed E-state index contributed by atoms with van der Waals surface area (Å²) in [5, 5.41) is -0.688. The zero-order chi connectivity index (χ0) is 19.8. The maximum atomic E-state index is 15.3. The summed E-state index contributed by atoms with van der Waals surface area (Å²) < 4.78 is 57.6. The molecule has 4 aromatic rings. The molecule has 0 radical (unpaired) electrons. The maximum Gasteiger partial charge on any atom is 0.347 e. The van der Waals surface area contributed by atoms with Gasteiger partial charge in [-0.05, 0) is 43.5 Å². The van der Waals surface area contributed by atoms with E-state index in [1.807, 2.05) is 0 Å². The predicted molar refractivity (Wildman–Crippen MR) is 103 cm³/mol. The van der Waals surface area contributed by atoms with Crippen LogP contribution in [-0.4, -0.2) is 27.2 Å². The third kappa shape index (κ3) is 2.31. The number of benzene rings is 2. The van der Waals surface area contributed by atoms with E-state index in [-0.39, 0.29) is 22.2 Å². The van der Waals surface area contributed by atoms with Crippen LogP contribution in [0.2, 0.25) is 0 Å². The van der Waals surface area contributed by atoms with E-state index in [1.165, 1.54) is 23.7 Å². The summed E-state index contributed by atoms with van der Waals surface area (Å²) in [5.41, 5.74) is 0.439. The second-order valence-electron chi connectivity index (χ2n) is 6.84. The molecule has 144 valence electrons. The number of halogens is 2. The van der Waals surface area contributed by atoms with Crippen molar-refractivity contribution in [1.82, 2.24) is 13.5 Å². The van der Waals surface area contributed by atoms with Crippen LogP contribution in [0.3, 0.4) is 0 Å². The Balaban J connectivity index is 2.00. The highest BCUT2D eigenvalue weighted by molar-refractivity contribution is 7.91. The van der Waals surface area contributed by atoms with E-state index < -0.39 is 32.6 Å². The van der Waals surface area contributed by atoms with Crippen LogP contribution < -0.4 is 5.69 Å². The van der Waals surface area contributed by atoms with Crippen LogP contribution in [0.15, 0.2) is 34.6 Å². The zero-order valence-electron chi connectivity index (χ0n) is 14.5. The Morgan fingerprint density at radius 2 is 1.96 bits per heavy atom. The van der Waals surface area contributed by atoms with Crippen molar-refractivity contribution in [2.75, 3.05) is 0 Å². The third-order valence-corrected chi connectivity index (χ3v) is 7.82. The molecule has 0 saturated heterocycles. The maximum absolute atomic E-state index is 15.3. The first kappa shape index (κ1) is 17.5. The summed E-state index contributed by atoms with van der Waals surface area (Å²) in [6.45, 7) is 1.68. The minimum atomic E-state index is -4.02. The molecule has 0 amide bonds. The van der Waals surface area contributed by atoms with Crippen molar-refractivity contribution in [3.8, 4) is 5.69 Å². The SMILES string of the molecule is Cc1ccc(-n2c(=O)n(S(=O)(=O)C3CC3)c3cc4scnc4c(F)c32)c(F)c1. The predicted octanol–water partition coefficient (Wildman–Crippen LogP) is 3.33. The first-order valence-electron chi connectivity index (χ1n) is 8.51. The lowest BCUT2D eigenvalue weighted by atomic mass is 10.2. The molecule has 0 spiro atoms. The number of thiazole rings is 1. The number of nitrogens with zero attached hydrogens (tertiary/aromatic N) is 3. The quantitative estimate of drug-likeness (QED) is 0.509. The molecule has 1 aliphatic carbocycles. The largest absolute Gasteiger partial charge is 0.347 e. The van der Waals surface area contributed by atoms with Crippen molar-refractivity contribution < 1.29 is 17.2 Å². The van der Waals surface area contributed by atoms with Gasteiger partial charge in [0.05, 0.1) is 26.7 Å². The van der Waals surface area contributed by atoms with Crippen molar-refractivity contribution in [2.24, 2.45) is 0 Å². The lowest BCUT2D eigenvalue weighted by Gasteiger charge is -2.06. The smallest absolute Gasteiger partial charge is 0.254 e. The molecule has 6 nitrogen and oxygen atoms in total. The van der Waals surface area contributed by atoms with Crippen LogP contribution in [0.4, 0.5) is 8.78 Å². The molecule has 1 saturated carbocycles. The number of hydrogen-bond donors (Lipinski definition) is 0. The van der Waals surface area contributed by atoms with Gasteiger partial charge in [0, 0.05) is 0 Å². The summed E-state index contributed by atoms with van der Waals surface area (Å²) >= 11 is 1.13. The number of hydrogen-bond acceptors (Lipinski definition) is 5. The van der Waals surface area contributed by atoms with Gasteiger partial charge < -0.3 is 0 Å². The normalized spacial score (nSPS) is 15.0. The van der Waals surface area contributed by atoms with Crippen LogP contribution in [0.5, 0.6) is 0 Å². The molecule has 2 aromatic heterocycles. The van der Waals surface area contributed by atoms with Crippen LogP contribution in [0.1, 0.15) is 18.4 Å². The van der Waals surface area contributed by atoms with Crippen molar-refractivity contribution in [1.29, 1.82) is 0 Å². The summed E-state index contributed by atoms with van der Waals surface area (Å²) in [7, 11) is -4.02. The average Bonchev–Trinajstić information content (AvgIpc) is 3.32. The Kier molecular flexibility index (Phi) is 3.57. The van der Waals surface area contributed by atoms with Crippen LogP contribution in [0, 0.1) is 18.6 Å². The van der Waals surface area contributed by atoms with Crippen LogP contribution >= 0.6 is 11.3 Å². The van der Waals surface area contributed by atoms with E-state index in [0.717, 1.165) is 15.9 Å². The molecule has 1 fully saturated rings. The van der Waals surface area contributed by atoms with Crippen molar-refractivity contribution >= 4 is 42.6 Å². The van der Waals surface area contributed by atoms with Gasteiger partial charge in [-0.15, -0.1) is 11.3 Å². The van der Waals surface area contributed by atoms with E-state index >= 15 is 4.39 Å². The second-order valence-corrected chi connectivity index (χ2v) is 9.79. The molecule has 5 rings (SSSR count). The summed E-state index contributed by atoms with van der Waals surface area (Å²) in [6.07, 6.45) is 0.872. The Morgan fingerprint density at radius 1 is 1.21 bits per heavy atom. The minimum absolute atomic E-state index is 0.0136. The third-order valence-electron chi connectivity index (χ3n) is 4.87. The fourth-order valence-corrected chi connectivity index (χ4v) is 5.82. The summed E-state index contributed by atoms with van der Waals surface area (Å²) in [6, 6.07) is 5.54. The second kappa shape index (κ2) is 5.71. The van der Waals surface area contributed by atoms with Gasteiger partial charge in [-0.2, -0.15) is 3.97 Å². The van der Waals surface area contributed by atoms with E-state index in [2.05, 4.69) is 4.98 Å². The highest BCUT2D eigenvalue weighted by Gasteiger charge is 2.40.